The van der Waals surface area contributed by atoms with E-state index < -0.39 is 0 Å². The maximum atomic E-state index is 13.4. The summed E-state index contributed by atoms with van der Waals surface area (Å²) in [5, 5.41) is 6.82. The van der Waals surface area contributed by atoms with E-state index in [9.17, 15) is 4.39 Å². The van der Waals surface area contributed by atoms with E-state index in [2.05, 4.69) is 10.6 Å². The van der Waals surface area contributed by atoms with Crippen LogP contribution in [0, 0.1) is 12.7 Å². The summed E-state index contributed by atoms with van der Waals surface area (Å²) in [6.07, 6.45) is 3.45. The second kappa shape index (κ2) is 5.30. The highest BCUT2D eigenvalue weighted by molar-refractivity contribution is 5.51. The Morgan fingerprint density at radius 1 is 1.31 bits per heavy atom. The van der Waals surface area contributed by atoms with E-state index in [1.54, 1.807) is 6.07 Å². The number of halogens is 1. The summed E-state index contributed by atoms with van der Waals surface area (Å²) >= 11 is 0. The van der Waals surface area contributed by atoms with Gasteiger partial charge in [0.2, 0.25) is 0 Å². The predicted molar refractivity (Wildman–Crippen MR) is 65.3 cm³/mol. The molecule has 1 heterocycles. The Morgan fingerprint density at radius 3 is 3.06 bits per heavy atom. The molecule has 2 nitrogen and oxygen atoms in total. The summed E-state index contributed by atoms with van der Waals surface area (Å²) in [6, 6.07) is 5.70. The third-order valence-corrected chi connectivity index (χ3v) is 3.20. The third kappa shape index (κ3) is 2.73. The van der Waals surface area contributed by atoms with Crippen LogP contribution in [0.15, 0.2) is 18.2 Å². The van der Waals surface area contributed by atoms with Crippen molar-refractivity contribution in [3.8, 4) is 0 Å². The zero-order valence-electron chi connectivity index (χ0n) is 9.72. The molecule has 16 heavy (non-hydrogen) atoms. The quantitative estimate of drug-likeness (QED) is 0.804. The molecule has 88 valence electrons. The van der Waals surface area contributed by atoms with Gasteiger partial charge >= 0.3 is 0 Å². The van der Waals surface area contributed by atoms with Gasteiger partial charge in [-0.2, -0.15) is 0 Å². The van der Waals surface area contributed by atoms with Crippen molar-refractivity contribution >= 4 is 5.69 Å². The molecule has 1 aromatic carbocycles. The molecule has 0 spiro atoms. The topological polar surface area (TPSA) is 24.1 Å². The highest BCUT2D eigenvalue weighted by Gasteiger charge is 2.13. The molecule has 2 N–H and O–H groups in total. The van der Waals surface area contributed by atoms with Crippen molar-refractivity contribution in [1.29, 1.82) is 0 Å². The molecule has 1 aromatic rings. The van der Waals surface area contributed by atoms with E-state index in [-0.39, 0.29) is 5.82 Å². The predicted octanol–water partition coefficient (Wildman–Crippen LogP) is 2.69. The Hall–Kier alpha value is -1.09. The average Bonchev–Trinajstić information content (AvgIpc) is 2.53. The maximum Gasteiger partial charge on any atom is 0.128 e. The SMILES string of the molecule is Cc1c(F)cccc1NC1CCCNCC1. The van der Waals surface area contributed by atoms with Crippen LogP contribution < -0.4 is 10.6 Å². The third-order valence-electron chi connectivity index (χ3n) is 3.20. The monoisotopic (exact) mass is 222 g/mol. The van der Waals surface area contributed by atoms with Gasteiger partial charge in [-0.05, 0) is 51.4 Å². The molecule has 0 amide bonds. The van der Waals surface area contributed by atoms with E-state index in [0.717, 1.165) is 37.2 Å². The molecule has 0 aromatic heterocycles. The first-order valence-electron chi connectivity index (χ1n) is 6.00. The van der Waals surface area contributed by atoms with Crippen molar-refractivity contribution < 1.29 is 4.39 Å². The lowest BCUT2D eigenvalue weighted by molar-refractivity contribution is 0.613. The fourth-order valence-electron chi connectivity index (χ4n) is 2.15. The lowest BCUT2D eigenvalue weighted by Gasteiger charge is -2.19. The van der Waals surface area contributed by atoms with Crippen LogP contribution in [0.5, 0.6) is 0 Å². The smallest absolute Gasteiger partial charge is 0.128 e. The molecule has 1 atom stereocenters. The summed E-state index contributed by atoms with van der Waals surface area (Å²) < 4.78 is 13.4. The van der Waals surface area contributed by atoms with Crippen LogP contribution in [-0.4, -0.2) is 19.1 Å². The van der Waals surface area contributed by atoms with Gasteiger partial charge < -0.3 is 10.6 Å². The summed E-state index contributed by atoms with van der Waals surface area (Å²) in [7, 11) is 0. The molecule has 0 aliphatic carbocycles. The van der Waals surface area contributed by atoms with Crippen molar-refractivity contribution in [2.24, 2.45) is 0 Å². The zero-order valence-corrected chi connectivity index (χ0v) is 9.72. The molecule has 1 unspecified atom stereocenters. The van der Waals surface area contributed by atoms with Crippen molar-refractivity contribution in [2.45, 2.75) is 32.2 Å². The molecule has 1 aliphatic rings. The molecule has 1 fully saturated rings. The van der Waals surface area contributed by atoms with Crippen LogP contribution in [-0.2, 0) is 0 Å². The molecule has 2 rings (SSSR count). The summed E-state index contributed by atoms with van der Waals surface area (Å²) in [6.45, 7) is 3.97. The van der Waals surface area contributed by atoms with Crippen molar-refractivity contribution in [1.82, 2.24) is 5.32 Å². The largest absolute Gasteiger partial charge is 0.382 e. The molecule has 3 heteroatoms. The Labute approximate surface area is 96.2 Å². The minimum absolute atomic E-state index is 0.128. The summed E-state index contributed by atoms with van der Waals surface area (Å²) in [4.78, 5) is 0. The maximum absolute atomic E-state index is 13.4. The highest BCUT2D eigenvalue weighted by Crippen LogP contribution is 2.20. The summed E-state index contributed by atoms with van der Waals surface area (Å²) in [5.41, 5.74) is 1.66. The second-order valence-corrected chi connectivity index (χ2v) is 4.43. The lowest BCUT2D eigenvalue weighted by Crippen LogP contribution is -2.22. The molecule has 1 aliphatic heterocycles. The van der Waals surface area contributed by atoms with Crippen LogP contribution >= 0.6 is 0 Å². The molecular formula is C13H19FN2. The van der Waals surface area contributed by atoms with Crippen LogP contribution in [0.25, 0.3) is 0 Å². The first kappa shape index (κ1) is 11.4. The van der Waals surface area contributed by atoms with Gasteiger partial charge in [-0.3, -0.25) is 0 Å². The zero-order chi connectivity index (χ0) is 11.4. The van der Waals surface area contributed by atoms with Gasteiger partial charge in [-0.25, -0.2) is 4.39 Å². The van der Waals surface area contributed by atoms with E-state index in [4.69, 9.17) is 0 Å². The van der Waals surface area contributed by atoms with E-state index in [1.807, 2.05) is 13.0 Å². The summed E-state index contributed by atoms with van der Waals surface area (Å²) in [5.74, 6) is -0.128. The Morgan fingerprint density at radius 2 is 2.19 bits per heavy atom. The second-order valence-electron chi connectivity index (χ2n) is 4.43. The molecular weight excluding hydrogens is 203 g/mol. The molecule has 0 bridgehead atoms. The number of rotatable bonds is 2. The molecule has 0 saturated carbocycles. The van der Waals surface area contributed by atoms with Gasteiger partial charge in [0.05, 0.1) is 0 Å². The lowest BCUT2D eigenvalue weighted by atomic mass is 10.1. The van der Waals surface area contributed by atoms with E-state index in [0.29, 0.717) is 6.04 Å². The fourth-order valence-corrected chi connectivity index (χ4v) is 2.15. The van der Waals surface area contributed by atoms with Gasteiger partial charge in [0, 0.05) is 17.3 Å². The minimum atomic E-state index is -0.128. The number of hydrogen-bond donors (Lipinski definition) is 2. The van der Waals surface area contributed by atoms with Gasteiger partial charge in [0.25, 0.3) is 0 Å². The highest BCUT2D eigenvalue weighted by atomic mass is 19.1. The van der Waals surface area contributed by atoms with Gasteiger partial charge in [0.15, 0.2) is 0 Å². The van der Waals surface area contributed by atoms with Crippen LogP contribution in [0.1, 0.15) is 24.8 Å². The van der Waals surface area contributed by atoms with Crippen molar-refractivity contribution in [2.75, 3.05) is 18.4 Å². The first-order valence-corrected chi connectivity index (χ1v) is 6.00. The van der Waals surface area contributed by atoms with Crippen molar-refractivity contribution in [3.63, 3.8) is 0 Å². The molecule has 0 radical (unpaired) electrons. The van der Waals surface area contributed by atoms with Crippen LogP contribution in [0.4, 0.5) is 10.1 Å². The Kier molecular flexibility index (Phi) is 3.78. The Balaban J connectivity index is 2.04. The van der Waals surface area contributed by atoms with E-state index >= 15 is 0 Å². The number of benzene rings is 1. The van der Waals surface area contributed by atoms with Crippen LogP contribution in [0.2, 0.25) is 0 Å². The van der Waals surface area contributed by atoms with E-state index in [1.165, 1.54) is 12.5 Å². The van der Waals surface area contributed by atoms with Crippen molar-refractivity contribution in [3.05, 3.63) is 29.6 Å². The average molecular weight is 222 g/mol. The van der Waals surface area contributed by atoms with Crippen LogP contribution in [0.3, 0.4) is 0 Å². The fraction of sp³-hybridized carbons (Fsp3) is 0.538. The Bertz CT molecular complexity index is 344. The normalized spacial score (nSPS) is 21.5. The standard InChI is InChI=1S/C13H19FN2/c1-10-12(14)5-2-6-13(10)16-11-4-3-8-15-9-7-11/h2,5-6,11,15-16H,3-4,7-9H2,1H3. The van der Waals surface area contributed by atoms with Gasteiger partial charge in [-0.1, -0.05) is 6.07 Å². The number of hydrogen-bond acceptors (Lipinski definition) is 2. The number of nitrogens with one attached hydrogen (secondary N) is 2. The molecule has 1 saturated heterocycles. The number of anilines is 1. The van der Waals surface area contributed by atoms with Gasteiger partial charge in [0.1, 0.15) is 5.82 Å². The minimum Gasteiger partial charge on any atom is -0.382 e. The first-order chi connectivity index (χ1) is 7.77. The van der Waals surface area contributed by atoms with Gasteiger partial charge in [-0.15, -0.1) is 0 Å².